The highest BCUT2D eigenvalue weighted by molar-refractivity contribution is 6.31. The summed E-state index contributed by atoms with van der Waals surface area (Å²) in [6.45, 7) is 3.87. The number of hydrogen-bond donors (Lipinski definition) is 1. The summed E-state index contributed by atoms with van der Waals surface area (Å²) in [5.74, 6) is 0.902. The van der Waals surface area contributed by atoms with Crippen molar-refractivity contribution in [2.45, 2.75) is 0 Å². The van der Waals surface area contributed by atoms with Gasteiger partial charge in [0.25, 0.3) is 0 Å². The van der Waals surface area contributed by atoms with Gasteiger partial charge in [-0.2, -0.15) is 0 Å². The summed E-state index contributed by atoms with van der Waals surface area (Å²) in [6.07, 6.45) is 0. The van der Waals surface area contributed by atoms with Crippen LogP contribution in [-0.2, 0) is 0 Å². The zero-order valence-electron chi connectivity index (χ0n) is 8.74. The highest BCUT2D eigenvalue weighted by atomic mass is 35.5. The first-order chi connectivity index (χ1) is 7.84. The van der Waals surface area contributed by atoms with Crippen molar-refractivity contribution in [1.82, 2.24) is 10.5 Å². The van der Waals surface area contributed by atoms with Gasteiger partial charge in [-0.25, -0.2) is 0 Å². The summed E-state index contributed by atoms with van der Waals surface area (Å²) in [5.41, 5.74) is 0.790. The molecule has 2 aromatic rings. The van der Waals surface area contributed by atoms with Crippen molar-refractivity contribution < 1.29 is 4.52 Å². The second-order valence-electron chi connectivity index (χ2n) is 3.88. The molecule has 16 heavy (non-hydrogen) atoms. The first kappa shape index (κ1) is 9.93. The predicted molar refractivity (Wildman–Crippen MR) is 64.1 cm³/mol. The van der Waals surface area contributed by atoms with Gasteiger partial charge in [0, 0.05) is 31.2 Å². The third kappa shape index (κ3) is 1.64. The molecule has 5 heteroatoms. The molecule has 3 rings (SSSR count). The fourth-order valence-corrected chi connectivity index (χ4v) is 2.17. The molecule has 1 aromatic carbocycles. The molecule has 0 spiro atoms. The Balaban J connectivity index is 2.05. The minimum Gasteiger partial charge on any atom is -0.354 e. The molecule has 0 aliphatic carbocycles. The molecule has 0 unspecified atom stereocenters. The van der Waals surface area contributed by atoms with E-state index in [0.717, 1.165) is 43.0 Å². The number of nitrogens with zero attached hydrogens (tertiary/aromatic N) is 2. The lowest BCUT2D eigenvalue weighted by Gasteiger charge is -2.26. The zero-order chi connectivity index (χ0) is 11.0. The van der Waals surface area contributed by atoms with Gasteiger partial charge in [0.2, 0.25) is 0 Å². The van der Waals surface area contributed by atoms with Gasteiger partial charge in [-0.3, -0.25) is 0 Å². The van der Waals surface area contributed by atoms with Crippen molar-refractivity contribution in [3.05, 3.63) is 23.2 Å². The van der Waals surface area contributed by atoms with Crippen LogP contribution in [-0.4, -0.2) is 31.3 Å². The number of halogens is 1. The number of benzene rings is 1. The Bertz CT molecular complexity index is 505. The molecule has 0 saturated carbocycles. The Kier molecular flexibility index (Phi) is 2.46. The van der Waals surface area contributed by atoms with Crippen LogP contribution < -0.4 is 10.2 Å². The number of hydrogen-bond acceptors (Lipinski definition) is 4. The molecule has 0 atom stereocenters. The molecular formula is C11H12ClN3O. The Morgan fingerprint density at radius 3 is 2.94 bits per heavy atom. The quantitative estimate of drug-likeness (QED) is 0.823. The van der Waals surface area contributed by atoms with Gasteiger partial charge in [0.1, 0.15) is 0 Å². The van der Waals surface area contributed by atoms with Crippen molar-refractivity contribution in [2.75, 3.05) is 31.1 Å². The monoisotopic (exact) mass is 237 g/mol. The lowest BCUT2D eigenvalue weighted by Crippen LogP contribution is -2.43. The van der Waals surface area contributed by atoms with Crippen molar-refractivity contribution >= 4 is 28.4 Å². The van der Waals surface area contributed by atoms with Gasteiger partial charge in [-0.05, 0) is 18.2 Å². The van der Waals surface area contributed by atoms with E-state index in [-0.39, 0.29) is 0 Å². The van der Waals surface area contributed by atoms with Gasteiger partial charge >= 0.3 is 0 Å². The summed E-state index contributed by atoms with van der Waals surface area (Å²) < 4.78 is 5.29. The SMILES string of the molecule is Clc1ccc2onc(N3CCNCC3)c2c1. The van der Waals surface area contributed by atoms with Crippen LogP contribution in [0.4, 0.5) is 5.82 Å². The van der Waals surface area contributed by atoms with E-state index in [1.165, 1.54) is 0 Å². The predicted octanol–water partition coefficient (Wildman–Crippen LogP) is 1.89. The first-order valence-corrected chi connectivity index (χ1v) is 5.73. The Morgan fingerprint density at radius 1 is 1.31 bits per heavy atom. The molecule has 0 amide bonds. The number of rotatable bonds is 1. The second-order valence-corrected chi connectivity index (χ2v) is 4.32. The molecule has 4 nitrogen and oxygen atoms in total. The molecule has 1 fully saturated rings. The molecule has 1 aliphatic rings. The van der Waals surface area contributed by atoms with E-state index in [0.29, 0.717) is 5.02 Å². The van der Waals surface area contributed by atoms with Crippen LogP contribution in [0.15, 0.2) is 22.7 Å². The molecule has 0 radical (unpaired) electrons. The van der Waals surface area contributed by atoms with Crippen LogP contribution in [0.25, 0.3) is 11.0 Å². The van der Waals surface area contributed by atoms with E-state index in [1.54, 1.807) is 0 Å². The number of nitrogens with one attached hydrogen (secondary N) is 1. The topological polar surface area (TPSA) is 41.3 Å². The molecule has 1 aromatic heterocycles. The summed E-state index contributed by atoms with van der Waals surface area (Å²) in [7, 11) is 0. The smallest absolute Gasteiger partial charge is 0.180 e. The van der Waals surface area contributed by atoms with Crippen LogP contribution >= 0.6 is 11.6 Å². The first-order valence-electron chi connectivity index (χ1n) is 5.35. The van der Waals surface area contributed by atoms with Crippen molar-refractivity contribution in [1.29, 1.82) is 0 Å². The Hall–Kier alpha value is -1.26. The second kappa shape index (κ2) is 3.96. The van der Waals surface area contributed by atoms with Crippen LogP contribution in [0.3, 0.4) is 0 Å². The molecule has 1 N–H and O–H groups in total. The average molecular weight is 238 g/mol. The minimum atomic E-state index is 0.715. The third-order valence-electron chi connectivity index (χ3n) is 2.83. The van der Waals surface area contributed by atoms with Crippen molar-refractivity contribution in [3.63, 3.8) is 0 Å². The molecule has 84 valence electrons. The average Bonchev–Trinajstić information content (AvgIpc) is 2.73. The minimum absolute atomic E-state index is 0.715. The number of piperazine rings is 1. The molecule has 1 aliphatic heterocycles. The highest BCUT2D eigenvalue weighted by Gasteiger charge is 2.17. The van der Waals surface area contributed by atoms with Crippen LogP contribution in [0, 0.1) is 0 Å². The van der Waals surface area contributed by atoms with Crippen molar-refractivity contribution in [2.24, 2.45) is 0 Å². The van der Waals surface area contributed by atoms with Crippen LogP contribution in [0.5, 0.6) is 0 Å². The lowest BCUT2D eigenvalue weighted by atomic mass is 10.2. The van der Waals surface area contributed by atoms with E-state index >= 15 is 0 Å². The molecule has 1 saturated heterocycles. The van der Waals surface area contributed by atoms with E-state index in [9.17, 15) is 0 Å². The maximum Gasteiger partial charge on any atom is 0.180 e. The maximum atomic E-state index is 5.99. The Morgan fingerprint density at radius 2 is 2.12 bits per heavy atom. The maximum absolute atomic E-state index is 5.99. The van der Waals surface area contributed by atoms with E-state index in [4.69, 9.17) is 16.1 Å². The van der Waals surface area contributed by atoms with Crippen LogP contribution in [0.2, 0.25) is 5.02 Å². The fraction of sp³-hybridized carbons (Fsp3) is 0.364. The van der Waals surface area contributed by atoms with Crippen LogP contribution in [0.1, 0.15) is 0 Å². The van der Waals surface area contributed by atoms with E-state index < -0.39 is 0 Å². The lowest BCUT2D eigenvalue weighted by molar-refractivity contribution is 0.451. The van der Waals surface area contributed by atoms with E-state index in [2.05, 4.69) is 15.4 Å². The summed E-state index contributed by atoms with van der Waals surface area (Å²) >= 11 is 5.99. The summed E-state index contributed by atoms with van der Waals surface area (Å²) in [5, 5.41) is 9.14. The van der Waals surface area contributed by atoms with E-state index in [1.807, 2.05) is 18.2 Å². The van der Waals surface area contributed by atoms with Crippen molar-refractivity contribution in [3.8, 4) is 0 Å². The Labute approximate surface area is 98.1 Å². The number of fused-ring (bicyclic) bond motifs is 1. The standard InChI is InChI=1S/C11H12ClN3O/c12-8-1-2-10-9(7-8)11(14-16-10)15-5-3-13-4-6-15/h1-2,7,13H,3-6H2. The zero-order valence-corrected chi connectivity index (χ0v) is 9.50. The van der Waals surface area contributed by atoms with Gasteiger partial charge in [-0.1, -0.05) is 16.8 Å². The molecule has 0 bridgehead atoms. The van der Waals surface area contributed by atoms with Gasteiger partial charge < -0.3 is 14.7 Å². The van der Waals surface area contributed by atoms with Gasteiger partial charge in [-0.15, -0.1) is 0 Å². The number of aromatic nitrogens is 1. The summed E-state index contributed by atoms with van der Waals surface area (Å²) in [6, 6.07) is 5.58. The van der Waals surface area contributed by atoms with Gasteiger partial charge in [0.05, 0.1) is 5.39 Å². The molecular weight excluding hydrogens is 226 g/mol. The highest BCUT2D eigenvalue weighted by Crippen LogP contribution is 2.28. The normalized spacial score (nSPS) is 16.9. The largest absolute Gasteiger partial charge is 0.354 e. The third-order valence-corrected chi connectivity index (χ3v) is 3.06. The van der Waals surface area contributed by atoms with Gasteiger partial charge in [0.15, 0.2) is 11.4 Å². The summed E-state index contributed by atoms with van der Waals surface area (Å²) in [4.78, 5) is 2.22. The fourth-order valence-electron chi connectivity index (χ4n) is 2.00. The molecule has 2 heterocycles. The number of anilines is 1.